The summed E-state index contributed by atoms with van der Waals surface area (Å²) in [6.07, 6.45) is 4.57. The summed E-state index contributed by atoms with van der Waals surface area (Å²) < 4.78 is 26.4. The third-order valence-electron chi connectivity index (χ3n) is 4.80. The first-order valence-electron chi connectivity index (χ1n) is 9.54. The minimum absolute atomic E-state index is 0.355. The standard InChI is InChI=1S/C17H29N7O2S/c1-4-5-6-24-17-15(14(21-24)11-13(2)3)16(19-12-20-17)22-7-9-23(10-8-22)27(18,25)26/h12-13H,4-11H2,1-3H3,(H2,18,25,26). The Hall–Kier alpha value is -1.78. The highest BCUT2D eigenvalue weighted by atomic mass is 32.2. The summed E-state index contributed by atoms with van der Waals surface area (Å²) in [7, 11) is -3.65. The van der Waals surface area contributed by atoms with Gasteiger partial charge in [0.05, 0.1) is 11.1 Å². The first-order chi connectivity index (χ1) is 12.8. The van der Waals surface area contributed by atoms with E-state index in [1.807, 2.05) is 4.68 Å². The van der Waals surface area contributed by atoms with Crippen LogP contribution < -0.4 is 10.0 Å². The zero-order chi connectivity index (χ0) is 19.6. The van der Waals surface area contributed by atoms with Gasteiger partial charge in [-0.05, 0) is 18.8 Å². The normalized spacial score (nSPS) is 16.6. The molecular weight excluding hydrogens is 366 g/mol. The molecule has 27 heavy (non-hydrogen) atoms. The number of anilines is 1. The molecule has 1 aliphatic heterocycles. The molecule has 0 amide bonds. The third-order valence-corrected chi connectivity index (χ3v) is 5.89. The van der Waals surface area contributed by atoms with E-state index >= 15 is 0 Å². The highest BCUT2D eigenvalue weighted by Crippen LogP contribution is 2.29. The Morgan fingerprint density at radius 3 is 2.48 bits per heavy atom. The van der Waals surface area contributed by atoms with Crippen LogP contribution in [0.3, 0.4) is 0 Å². The van der Waals surface area contributed by atoms with E-state index in [1.165, 1.54) is 4.31 Å². The van der Waals surface area contributed by atoms with Crippen LogP contribution in [0.1, 0.15) is 39.3 Å². The first-order valence-corrected chi connectivity index (χ1v) is 11.0. The number of hydrogen-bond donors (Lipinski definition) is 1. The monoisotopic (exact) mass is 395 g/mol. The van der Waals surface area contributed by atoms with Crippen LogP contribution in [-0.2, 0) is 23.2 Å². The zero-order valence-electron chi connectivity index (χ0n) is 16.3. The first kappa shape index (κ1) is 20.0. The molecule has 2 aromatic heterocycles. The average molecular weight is 396 g/mol. The molecule has 3 rings (SSSR count). The maximum Gasteiger partial charge on any atom is 0.277 e. The van der Waals surface area contributed by atoms with Crippen LogP contribution in [0.4, 0.5) is 5.82 Å². The van der Waals surface area contributed by atoms with Gasteiger partial charge < -0.3 is 4.90 Å². The number of nitrogens with two attached hydrogens (primary N) is 1. The molecule has 3 heterocycles. The summed E-state index contributed by atoms with van der Waals surface area (Å²) in [4.78, 5) is 11.2. The molecule has 0 unspecified atom stereocenters. The summed E-state index contributed by atoms with van der Waals surface area (Å²) in [5.41, 5.74) is 1.87. The summed E-state index contributed by atoms with van der Waals surface area (Å²) in [5.74, 6) is 1.31. The molecule has 150 valence electrons. The van der Waals surface area contributed by atoms with Crippen molar-refractivity contribution in [3.63, 3.8) is 0 Å². The molecule has 0 aliphatic carbocycles. The molecule has 0 bridgehead atoms. The molecule has 0 saturated carbocycles. The van der Waals surface area contributed by atoms with Gasteiger partial charge in [-0.1, -0.05) is 27.2 Å². The van der Waals surface area contributed by atoms with Gasteiger partial charge in [0.15, 0.2) is 5.65 Å². The van der Waals surface area contributed by atoms with Gasteiger partial charge in [-0.15, -0.1) is 0 Å². The lowest BCUT2D eigenvalue weighted by Gasteiger charge is -2.33. The maximum absolute atomic E-state index is 11.6. The van der Waals surface area contributed by atoms with Crippen molar-refractivity contribution in [3.05, 3.63) is 12.0 Å². The van der Waals surface area contributed by atoms with E-state index in [9.17, 15) is 8.42 Å². The summed E-state index contributed by atoms with van der Waals surface area (Å²) >= 11 is 0. The van der Waals surface area contributed by atoms with Gasteiger partial charge in [-0.3, -0.25) is 0 Å². The lowest BCUT2D eigenvalue weighted by atomic mass is 10.1. The fraction of sp³-hybridized carbons (Fsp3) is 0.706. The van der Waals surface area contributed by atoms with Gasteiger partial charge in [0, 0.05) is 32.7 Å². The second kappa shape index (κ2) is 8.07. The van der Waals surface area contributed by atoms with Crippen molar-refractivity contribution in [1.29, 1.82) is 0 Å². The van der Waals surface area contributed by atoms with Crippen LogP contribution in [-0.4, -0.2) is 58.7 Å². The van der Waals surface area contributed by atoms with Gasteiger partial charge in [0.2, 0.25) is 0 Å². The van der Waals surface area contributed by atoms with Crippen LogP contribution in [0.15, 0.2) is 6.33 Å². The van der Waals surface area contributed by atoms with E-state index in [0.29, 0.717) is 32.1 Å². The Kier molecular flexibility index (Phi) is 5.97. The number of nitrogens with zero attached hydrogens (tertiary/aromatic N) is 6. The van der Waals surface area contributed by atoms with Crippen molar-refractivity contribution in [2.75, 3.05) is 31.1 Å². The molecule has 0 radical (unpaired) electrons. The second-order valence-electron chi connectivity index (χ2n) is 7.45. The topological polar surface area (TPSA) is 110 Å². The Morgan fingerprint density at radius 2 is 1.89 bits per heavy atom. The number of rotatable bonds is 7. The molecule has 9 nitrogen and oxygen atoms in total. The molecule has 0 spiro atoms. The zero-order valence-corrected chi connectivity index (χ0v) is 17.1. The van der Waals surface area contributed by atoms with Crippen molar-refractivity contribution in [3.8, 4) is 0 Å². The average Bonchev–Trinajstić information content (AvgIpc) is 2.96. The molecular formula is C17H29N7O2S. The summed E-state index contributed by atoms with van der Waals surface area (Å²) in [5, 5.41) is 11.1. The SMILES string of the molecule is CCCCn1nc(CC(C)C)c2c(N3CCN(S(N)(=O)=O)CC3)ncnc21. The molecule has 0 atom stereocenters. The van der Waals surface area contributed by atoms with E-state index in [0.717, 1.165) is 48.4 Å². The Balaban J connectivity index is 1.97. The van der Waals surface area contributed by atoms with Gasteiger partial charge in [-0.25, -0.2) is 19.8 Å². The number of hydrogen-bond acceptors (Lipinski definition) is 6. The van der Waals surface area contributed by atoms with Crippen LogP contribution >= 0.6 is 0 Å². The number of unbranched alkanes of at least 4 members (excludes halogenated alkanes) is 1. The molecule has 1 saturated heterocycles. The number of fused-ring (bicyclic) bond motifs is 1. The van der Waals surface area contributed by atoms with Gasteiger partial charge in [-0.2, -0.15) is 17.8 Å². The highest BCUT2D eigenvalue weighted by molar-refractivity contribution is 7.86. The predicted molar refractivity (Wildman–Crippen MR) is 106 cm³/mol. The quantitative estimate of drug-likeness (QED) is 0.753. The molecule has 1 aliphatic rings. The van der Waals surface area contributed by atoms with Gasteiger partial charge in [0.25, 0.3) is 10.2 Å². The van der Waals surface area contributed by atoms with E-state index in [4.69, 9.17) is 10.2 Å². The largest absolute Gasteiger partial charge is 0.353 e. The van der Waals surface area contributed by atoms with Gasteiger partial charge >= 0.3 is 0 Å². The van der Waals surface area contributed by atoms with Gasteiger partial charge in [0.1, 0.15) is 12.1 Å². The van der Waals surface area contributed by atoms with Crippen molar-refractivity contribution >= 4 is 27.1 Å². The number of piperazine rings is 1. The predicted octanol–water partition coefficient (Wildman–Crippen LogP) is 1.15. The maximum atomic E-state index is 11.6. The molecule has 2 aromatic rings. The van der Waals surface area contributed by atoms with E-state index in [2.05, 4.69) is 35.6 Å². The fourth-order valence-corrected chi connectivity index (χ4v) is 4.12. The molecule has 0 aromatic carbocycles. The molecule has 2 N–H and O–H groups in total. The van der Waals surface area contributed by atoms with Crippen molar-refractivity contribution < 1.29 is 8.42 Å². The van der Waals surface area contributed by atoms with Crippen LogP contribution in [0.25, 0.3) is 11.0 Å². The smallest absolute Gasteiger partial charge is 0.277 e. The summed E-state index contributed by atoms with van der Waals surface area (Å²) in [6, 6.07) is 0. The van der Waals surface area contributed by atoms with Crippen molar-refractivity contribution in [1.82, 2.24) is 24.1 Å². The van der Waals surface area contributed by atoms with Crippen molar-refractivity contribution in [2.45, 2.75) is 46.6 Å². The Morgan fingerprint density at radius 1 is 1.19 bits per heavy atom. The summed E-state index contributed by atoms with van der Waals surface area (Å²) in [6.45, 7) is 9.14. The van der Waals surface area contributed by atoms with Crippen molar-refractivity contribution in [2.24, 2.45) is 11.1 Å². The minimum atomic E-state index is -3.65. The van der Waals surface area contributed by atoms with Crippen LogP contribution in [0.5, 0.6) is 0 Å². The Bertz CT molecular complexity index is 886. The highest BCUT2D eigenvalue weighted by Gasteiger charge is 2.27. The second-order valence-corrected chi connectivity index (χ2v) is 8.99. The fourth-order valence-electron chi connectivity index (χ4n) is 3.45. The Labute approximate surface area is 160 Å². The minimum Gasteiger partial charge on any atom is -0.353 e. The van der Waals surface area contributed by atoms with Crippen LogP contribution in [0.2, 0.25) is 0 Å². The van der Waals surface area contributed by atoms with Crippen LogP contribution in [0, 0.1) is 5.92 Å². The lowest BCUT2D eigenvalue weighted by molar-refractivity contribution is 0.384. The third kappa shape index (κ3) is 4.39. The lowest BCUT2D eigenvalue weighted by Crippen LogP contribution is -2.51. The molecule has 10 heteroatoms. The number of aryl methyl sites for hydroxylation is 1. The number of aromatic nitrogens is 4. The van der Waals surface area contributed by atoms with E-state index in [1.54, 1.807) is 6.33 Å². The van der Waals surface area contributed by atoms with E-state index in [-0.39, 0.29) is 0 Å². The molecule has 1 fully saturated rings. The van der Waals surface area contributed by atoms with E-state index < -0.39 is 10.2 Å².